The molecular formula is C13H12Br3NS. The van der Waals surface area contributed by atoms with Gasteiger partial charge in [0.25, 0.3) is 0 Å². The number of rotatable bonds is 4. The van der Waals surface area contributed by atoms with Crippen molar-refractivity contribution < 1.29 is 0 Å². The van der Waals surface area contributed by atoms with Crippen molar-refractivity contribution in [2.75, 3.05) is 6.54 Å². The summed E-state index contributed by atoms with van der Waals surface area (Å²) in [5.74, 6) is 0. The van der Waals surface area contributed by atoms with Gasteiger partial charge in [-0.2, -0.15) is 0 Å². The van der Waals surface area contributed by atoms with E-state index < -0.39 is 0 Å². The Hall–Kier alpha value is 0.320. The molecule has 0 saturated carbocycles. The highest BCUT2D eigenvalue weighted by molar-refractivity contribution is 9.13. The van der Waals surface area contributed by atoms with Crippen molar-refractivity contribution in [2.45, 2.75) is 13.0 Å². The SMILES string of the molecule is CCNC(c1cc(Br)c(Br)s1)c1ccccc1Br. The van der Waals surface area contributed by atoms with Gasteiger partial charge in [-0.05, 0) is 56.1 Å². The molecule has 0 fully saturated rings. The third kappa shape index (κ3) is 3.25. The molecule has 0 radical (unpaired) electrons. The first-order valence-corrected chi connectivity index (χ1v) is 8.75. The molecule has 0 bridgehead atoms. The van der Waals surface area contributed by atoms with E-state index >= 15 is 0 Å². The first kappa shape index (κ1) is 14.7. The van der Waals surface area contributed by atoms with Crippen molar-refractivity contribution in [3.63, 3.8) is 0 Å². The topological polar surface area (TPSA) is 12.0 Å². The van der Waals surface area contributed by atoms with Crippen molar-refractivity contribution in [3.05, 3.63) is 53.5 Å². The fraction of sp³-hybridized carbons (Fsp3) is 0.231. The van der Waals surface area contributed by atoms with Crippen LogP contribution in [-0.2, 0) is 0 Å². The quantitative estimate of drug-likeness (QED) is 0.622. The lowest BCUT2D eigenvalue weighted by Gasteiger charge is -2.18. The first-order valence-electron chi connectivity index (χ1n) is 5.56. The molecule has 0 saturated heterocycles. The van der Waals surface area contributed by atoms with Crippen molar-refractivity contribution in [2.24, 2.45) is 0 Å². The van der Waals surface area contributed by atoms with Gasteiger partial charge in [0.2, 0.25) is 0 Å². The lowest BCUT2D eigenvalue weighted by atomic mass is 10.1. The molecular weight excluding hydrogens is 442 g/mol. The molecule has 18 heavy (non-hydrogen) atoms. The summed E-state index contributed by atoms with van der Waals surface area (Å²) in [5, 5.41) is 3.54. The van der Waals surface area contributed by atoms with Crippen LogP contribution in [0.15, 0.2) is 43.1 Å². The van der Waals surface area contributed by atoms with Gasteiger partial charge in [0, 0.05) is 13.8 Å². The molecule has 1 aromatic carbocycles. The van der Waals surface area contributed by atoms with Crippen LogP contribution in [0.1, 0.15) is 23.4 Å². The molecule has 96 valence electrons. The highest BCUT2D eigenvalue weighted by Crippen LogP contribution is 2.39. The maximum absolute atomic E-state index is 3.63. The maximum atomic E-state index is 3.63. The van der Waals surface area contributed by atoms with Crippen LogP contribution >= 0.6 is 59.1 Å². The van der Waals surface area contributed by atoms with Crippen LogP contribution in [0.25, 0.3) is 0 Å². The standard InChI is InChI=1S/C13H12Br3NS/c1-2-17-12(8-5-3-4-6-9(8)14)11-7-10(15)13(16)18-11/h3-7,12,17H,2H2,1H3. The van der Waals surface area contributed by atoms with Crippen LogP contribution in [0.4, 0.5) is 0 Å². The molecule has 2 aromatic rings. The predicted octanol–water partition coefficient (Wildman–Crippen LogP) is 5.73. The average Bonchev–Trinajstić information content (AvgIpc) is 2.68. The van der Waals surface area contributed by atoms with E-state index in [4.69, 9.17) is 0 Å². The second kappa shape index (κ2) is 6.66. The zero-order valence-electron chi connectivity index (χ0n) is 9.71. The number of hydrogen-bond acceptors (Lipinski definition) is 2. The number of hydrogen-bond donors (Lipinski definition) is 1. The fourth-order valence-corrected chi connectivity index (χ4v) is 4.48. The third-order valence-electron chi connectivity index (χ3n) is 2.57. The normalized spacial score (nSPS) is 12.7. The molecule has 1 unspecified atom stereocenters. The van der Waals surface area contributed by atoms with E-state index in [2.05, 4.69) is 84.3 Å². The minimum absolute atomic E-state index is 0.221. The Balaban J connectivity index is 2.43. The number of thiophene rings is 1. The zero-order chi connectivity index (χ0) is 13.1. The summed E-state index contributed by atoms with van der Waals surface area (Å²) < 4.78 is 3.38. The number of halogens is 3. The van der Waals surface area contributed by atoms with Gasteiger partial charge < -0.3 is 5.32 Å². The van der Waals surface area contributed by atoms with Gasteiger partial charge in [-0.1, -0.05) is 41.1 Å². The van der Waals surface area contributed by atoms with E-state index in [1.165, 1.54) is 10.4 Å². The summed E-state index contributed by atoms with van der Waals surface area (Å²) in [6.07, 6.45) is 0. The molecule has 1 atom stereocenters. The molecule has 0 amide bonds. The zero-order valence-corrected chi connectivity index (χ0v) is 15.3. The van der Waals surface area contributed by atoms with E-state index in [1.807, 2.05) is 6.07 Å². The lowest BCUT2D eigenvalue weighted by Crippen LogP contribution is -2.21. The predicted molar refractivity (Wildman–Crippen MR) is 89.4 cm³/mol. The van der Waals surface area contributed by atoms with Gasteiger partial charge in [-0.3, -0.25) is 0 Å². The molecule has 1 N–H and O–H groups in total. The van der Waals surface area contributed by atoms with Gasteiger partial charge in [0.15, 0.2) is 0 Å². The summed E-state index contributed by atoms with van der Waals surface area (Å²) in [5.41, 5.74) is 1.26. The summed E-state index contributed by atoms with van der Waals surface area (Å²) in [4.78, 5) is 1.29. The molecule has 0 aliphatic rings. The smallest absolute Gasteiger partial charge is 0.0843 e. The van der Waals surface area contributed by atoms with E-state index in [0.29, 0.717) is 0 Å². The second-order valence-corrected chi connectivity index (χ2v) is 7.89. The molecule has 1 heterocycles. The van der Waals surface area contributed by atoms with Gasteiger partial charge in [0.05, 0.1) is 9.83 Å². The summed E-state index contributed by atoms with van der Waals surface area (Å²) in [6, 6.07) is 10.7. The van der Waals surface area contributed by atoms with Gasteiger partial charge in [0.1, 0.15) is 0 Å². The van der Waals surface area contributed by atoms with Crippen LogP contribution < -0.4 is 5.32 Å². The Kier molecular flexibility index (Phi) is 5.45. The largest absolute Gasteiger partial charge is 0.306 e. The Labute approximate surface area is 136 Å². The Morgan fingerprint density at radius 1 is 1.17 bits per heavy atom. The molecule has 5 heteroatoms. The van der Waals surface area contributed by atoms with Gasteiger partial charge in [-0.15, -0.1) is 11.3 Å². The van der Waals surface area contributed by atoms with Crippen molar-refractivity contribution in [1.29, 1.82) is 0 Å². The van der Waals surface area contributed by atoms with Crippen LogP contribution in [0.3, 0.4) is 0 Å². The number of benzene rings is 1. The van der Waals surface area contributed by atoms with Gasteiger partial charge in [-0.25, -0.2) is 0 Å². The number of nitrogens with one attached hydrogen (secondary N) is 1. The molecule has 0 spiro atoms. The summed E-state index contributed by atoms with van der Waals surface area (Å²) in [6.45, 7) is 3.06. The fourth-order valence-electron chi connectivity index (χ4n) is 1.78. The Morgan fingerprint density at radius 3 is 2.44 bits per heavy atom. The molecule has 2 rings (SSSR count). The average molecular weight is 454 g/mol. The lowest BCUT2D eigenvalue weighted by molar-refractivity contribution is 0.637. The van der Waals surface area contributed by atoms with Gasteiger partial charge >= 0.3 is 0 Å². The van der Waals surface area contributed by atoms with Crippen LogP contribution in [0.2, 0.25) is 0 Å². The maximum Gasteiger partial charge on any atom is 0.0843 e. The first-order chi connectivity index (χ1) is 8.63. The minimum Gasteiger partial charge on any atom is -0.306 e. The molecule has 0 aliphatic carbocycles. The van der Waals surface area contributed by atoms with Crippen molar-refractivity contribution in [3.8, 4) is 0 Å². The monoisotopic (exact) mass is 451 g/mol. The minimum atomic E-state index is 0.221. The van der Waals surface area contributed by atoms with Crippen LogP contribution in [-0.4, -0.2) is 6.54 Å². The third-order valence-corrected chi connectivity index (χ3v) is 6.62. The summed E-state index contributed by atoms with van der Waals surface area (Å²) >= 11 is 12.5. The van der Waals surface area contributed by atoms with Crippen molar-refractivity contribution >= 4 is 59.1 Å². The Morgan fingerprint density at radius 2 is 1.89 bits per heavy atom. The van der Waals surface area contributed by atoms with E-state index in [9.17, 15) is 0 Å². The van der Waals surface area contributed by atoms with E-state index in [0.717, 1.165) is 19.3 Å². The van der Waals surface area contributed by atoms with Crippen LogP contribution in [0, 0.1) is 0 Å². The Bertz CT molecular complexity index is 519. The van der Waals surface area contributed by atoms with E-state index in [1.54, 1.807) is 11.3 Å². The van der Waals surface area contributed by atoms with Crippen LogP contribution in [0.5, 0.6) is 0 Å². The van der Waals surface area contributed by atoms with E-state index in [-0.39, 0.29) is 6.04 Å². The highest BCUT2D eigenvalue weighted by Gasteiger charge is 2.18. The second-order valence-electron chi connectivity index (χ2n) is 3.78. The molecule has 1 nitrogen and oxygen atoms in total. The molecule has 0 aliphatic heterocycles. The summed E-state index contributed by atoms with van der Waals surface area (Å²) in [7, 11) is 0. The molecule has 1 aromatic heterocycles. The van der Waals surface area contributed by atoms with Crippen molar-refractivity contribution in [1.82, 2.24) is 5.32 Å². The highest BCUT2D eigenvalue weighted by atomic mass is 79.9.